The van der Waals surface area contributed by atoms with Crippen LogP contribution in [0.2, 0.25) is 19.6 Å². The molecule has 1 saturated heterocycles. The highest BCUT2D eigenvalue weighted by atomic mass is 35.7. The standard InChI is InChI=1S/C15H22F3OSSi.ClHO4/c1-21(2,3)11-20-9-8-19-10-14(20)12-4-6-13(7-5-12)15(16,17)18;2-1(3,4)5/h4-7,14H,8-11H2,1-3H3;(H,2,3,4,5)/q+1;/p-1/t14-,20?;/m1./s1. The monoisotopic (exact) mass is 434 g/mol. The molecule has 150 valence electrons. The van der Waals surface area contributed by atoms with Crippen molar-refractivity contribution in [2.24, 2.45) is 0 Å². The zero-order valence-electron chi connectivity index (χ0n) is 14.7. The lowest BCUT2D eigenvalue weighted by atomic mass is 10.1. The average molecular weight is 435 g/mol. The van der Waals surface area contributed by atoms with E-state index < -0.39 is 30.1 Å². The Balaban J connectivity index is 0.000000597. The lowest BCUT2D eigenvalue weighted by molar-refractivity contribution is -2.00. The summed E-state index contributed by atoms with van der Waals surface area (Å²) in [4.78, 5) is 0. The lowest BCUT2D eigenvalue weighted by Crippen LogP contribution is -2.68. The fourth-order valence-corrected chi connectivity index (χ4v) is 9.78. The molecule has 0 aromatic heterocycles. The van der Waals surface area contributed by atoms with Crippen LogP contribution in [-0.2, 0) is 21.8 Å². The first-order valence-corrected chi connectivity index (χ1v) is 14.3. The Morgan fingerprint density at radius 2 is 1.62 bits per heavy atom. The summed E-state index contributed by atoms with van der Waals surface area (Å²) in [7, 11) is -5.90. The Kier molecular flexibility index (Phi) is 8.43. The molecule has 0 saturated carbocycles. The molecule has 1 aromatic carbocycles. The Morgan fingerprint density at radius 3 is 2.04 bits per heavy atom. The van der Waals surface area contributed by atoms with Gasteiger partial charge in [-0.25, -0.2) is 18.6 Å². The van der Waals surface area contributed by atoms with Crippen LogP contribution in [0, 0.1) is 10.2 Å². The molecule has 1 aromatic rings. The first-order valence-electron chi connectivity index (χ1n) is 7.70. The van der Waals surface area contributed by atoms with Crippen molar-refractivity contribution < 1.29 is 46.8 Å². The molecule has 0 spiro atoms. The summed E-state index contributed by atoms with van der Waals surface area (Å²) in [6.07, 6.45) is -4.26. The van der Waals surface area contributed by atoms with Crippen LogP contribution in [0.1, 0.15) is 16.4 Å². The smallest absolute Gasteiger partial charge is 0.371 e. The van der Waals surface area contributed by atoms with Gasteiger partial charge in [-0.1, -0.05) is 31.8 Å². The molecule has 26 heavy (non-hydrogen) atoms. The van der Waals surface area contributed by atoms with E-state index in [0.717, 1.165) is 17.9 Å². The molecular weight excluding hydrogens is 413 g/mol. The van der Waals surface area contributed by atoms with E-state index in [1.165, 1.54) is 17.5 Å². The number of ether oxygens (including phenoxy) is 1. The maximum absolute atomic E-state index is 12.6. The molecule has 5 nitrogen and oxygen atoms in total. The first kappa shape index (κ1) is 23.7. The van der Waals surface area contributed by atoms with Crippen LogP contribution in [0.5, 0.6) is 0 Å². The number of hydrogen-bond acceptors (Lipinski definition) is 5. The predicted octanol–water partition coefficient (Wildman–Crippen LogP) is -0.484. The third kappa shape index (κ3) is 9.56. The Labute approximate surface area is 156 Å². The summed E-state index contributed by atoms with van der Waals surface area (Å²) in [5.74, 6) is 1.04. The summed E-state index contributed by atoms with van der Waals surface area (Å²) in [6.45, 7) is 8.46. The molecular formula is C15H22ClF3O5SSi. The largest absolute Gasteiger partial charge is 0.416 e. The second kappa shape index (κ2) is 9.24. The fourth-order valence-electron chi connectivity index (χ4n) is 2.50. The van der Waals surface area contributed by atoms with Crippen molar-refractivity contribution in [3.05, 3.63) is 35.4 Å². The second-order valence-corrected chi connectivity index (χ2v) is 16.1. The summed E-state index contributed by atoms with van der Waals surface area (Å²) in [5, 5.41) is 1.48. The Hall–Kier alpha value is -0.333. The van der Waals surface area contributed by atoms with Crippen LogP contribution in [0.25, 0.3) is 0 Å². The van der Waals surface area contributed by atoms with Crippen LogP contribution < -0.4 is 18.6 Å². The number of rotatable bonds is 3. The molecule has 1 heterocycles. The zero-order valence-corrected chi connectivity index (χ0v) is 17.2. The third-order valence-corrected chi connectivity index (χ3v) is 10.2. The van der Waals surface area contributed by atoms with E-state index in [-0.39, 0.29) is 16.1 Å². The van der Waals surface area contributed by atoms with Gasteiger partial charge in [-0.2, -0.15) is 13.2 Å². The summed E-state index contributed by atoms with van der Waals surface area (Å²) >= 11 is 0. The molecule has 0 N–H and O–H groups in total. The highest BCUT2D eigenvalue weighted by Gasteiger charge is 2.39. The van der Waals surface area contributed by atoms with Gasteiger partial charge < -0.3 is 4.74 Å². The maximum atomic E-state index is 12.6. The van der Waals surface area contributed by atoms with Gasteiger partial charge in [-0.05, 0) is 23.0 Å². The van der Waals surface area contributed by atoms with Crippen molar-refractivity contribution in [2.75, 3.05) is 24.3 Å². The summed E-state index contributed by atoms with van der Waals surface area (Å²) in [5.41, 5.74) is 0.414. The molecule has 11 heteroatoms. The van der Waals surface area contributed by atoms with Crippen molar-refractivity contribution in [3.8, 4) is 0 Å². The second-order valence-electron chi connectivity index (χ2n) is 7.01. The Morgan fingerprint density at radius 1 is 1.12 bits per heavy atom. The molecule has 1 aliphatic rings. The minimum Gasteiger partial charge on any atom is -0.371 e. The normalized spacial score (nSPS) is 21.8. The quantitative estimate of drug-likeness (QED) is 0.472. The van der Waals surface area contributed by atoms with E-state index in [0.29, 0.717) is 6.61 Å². The highest BCUT2D eigenvalue weighted by molar-refractivity contribution is 7.98. The van der Waals surface area contributed by atoms with Gasteiger partial charge in [0.2, 0.25) is 0 Å². The third-order valence-electron chi connectivity index (χ3n) is 3.39. The average Bonchev–Trinajstić information content (AvgIpc) is 2.43. The van der Waals surface area contributed by atoms with Crippen LogP contribution >= 0.6 is 0 Å². The van der Waals surface area contributed by atoms with Crippen LogP contribution in [0.15, 0.2) is 24.3 Å². The van der Waals surface area contributed by atoms with E-state index >= 15 is 0 Å². The van der Waals surface area contributed by atoms with E-state index in [2.05, 4.69) is 19.6 Å². The van der Waals surface area contributed by atoms with Crippen LogP contribution in [-0.4, -0.2) is 32.4 Å². The molecule has 1 unspecified atom stereocenters. The number of alkyl halides is 3. The van der Waals surface area contributed by atoms with Crippen molar-refractivity contribution in [2.45, 2.75) is 31.1 Å². The molecule has 1 fully saturated rings. The van der Waals surface area contributed by atoms with Gasteiger partial charge in [0.05, 0.1) is 24.2 Å². The van der Waals surface area contributed by atoms with E-state index in [9.17, 15) is 13.2 Å². The van der Waals surface area contributed by atoms with Gasteiger partial charge in [-0.15, -0.1) is 10.2 Å². The van der Waals surface area contributed by atoms with Crippen molar-refractivity contribution in [1.29, 1.82) is 0 Å². The summed E-state index contributed by atoms with van der Waals surface area (Å²) < 4.78 is 77.5. The molecule has 0 aliphatic carbocycles. The van der Waals surface area contributed by atoms with Gasteiger partial charge >= 0.3 is 6.18 Å². The molecule has 2 rings (SSSR count). The van der Waals surface area contributed by atoms with Gasteiger partial charge in [0, 0.05) is 5.56 Å². The first-order chi connectivity index (χ1) is 11.7. The van der Waals surface area contributed by atoms with Crippen molar-refractivity contribution in [3.63, 3.8) is 0 Å². The van der Waals surface area contributed by atoms with Crippen molar-refractivity contribution >= 4 is 19.0 Å². The maximum Gasteiger partial charge on any atom is 0.416 e. The molecule has 1 aliphatic heterocycles. The Bertz CT molecular complexity index is 554. The minimum atomic E-state index is -4.94. The SMILES string of the molecule is C[Si](C)(C)C[S+]1CCOC[C@@H]1c1ccc(C(F)(F)F)cc1.[O-][Cl+3]([O-])([O-])[O-]. The minimum absolute atomic E-state index is 0.225. The van der Waals surface area contributed by atoms with E-state index in [1.54, 1.807) is 12.1 Å². The summed E-state index contributed by atoms with van der Waals surface area (Å²) in [6, 6.07) is 5.65. The van der Waals surface area contributed by atoms with Crippen LogP contribution in [0.4, 0.5) is 13.2 Å². The van der Waals surface area contributed by atoms with E-state index in [1.807, 2.05) is 0 Å². The number of hydrogen-bond donors (Lipinski definition) is 0. The number of benzene rings is 1. The molecule has 0 radical (unpaired) electrons. The van der Waals surface area contributed by atoms with Gasteiger partial charge in [0.25, 0.3) is 0 Å². The highest BCUT2D eigenvalue weighted by Crippen LogP contribution is 2.34. The van der Waals surface area contributed by atoms with Gasteiger partial charge in [0.1, 0.15) is 13.8 Å². The van der Waals surface area contributed by atoms with E-state index in [4.69, 9.17) is 23.4 Å². The molecule has 2 atom stereocenters. The van der Waals surface area contributed by atoms with Crippen LogP contribution in [0.3, 0.4) is 0 Å². The topological polar surface area (TPSA) is 101 Å². The molecule has 0 amide bonds. The number of halogens is 4. The van der Waals surface area contributed by atoms with Gasteiger partial charge in [-0.3, -0.25) is 0 Å². The molecule has 0 bridgehead atoms. The predicted molar refractivity (Wildman–Crippen MR) is 85.4 cm³/mol. The lowest BCUT2D eigenvalue weighted by Gasteiger charge is -2.28. The zero-order chi connectivity index (χ0) is 20.2. The van der Waals surface area contributed by atoms with Gasteiger partial charge in [0.15, 0.2) is 5.25 Å². The fraction of sp³-hybridized carbons (Fsp3) is 0.600. The van der Waals surface area contributed by atoms with Crippen molar-refractivity contribution in [1.82, 2.24) is 0 Å².